The molecule has 0 aliphatic rings. The number of nitrogens with one attached hydrogen (secondary N) is 2. The number of Topliss-reactive ketones (excluding diaryl/α,β-unsaturated/α-hetero) is 1. The summed E-state index contributed by atoms with van der Waals surface area (Å²) in [6.07, 6.45) is 1.49. The molecular formula is C17H13Cl2N5O. The van der Waals surface area contributed by atoms with Gasteiger partial charge in [-0.25, -0.2) is 0 Å². The Kier molecular flexibility index (Phi) is 5.11. The summed E-state index contributed by atoms with van der Waals surface area (Å²) in [6.45, 7) is 1.52. The van der Waals surface area contributed by atoms with Gasteiger partial charge in [-0.05, 0) is 37.3 Å². The fourth-order valence-corrected chi connectivity index (χ4v) is 2.38. The molecule has 0 saturated carbocycles. The Hall–Kier alpha value is -2.70. The Morgan fingerprint density at radius 1 is 1.00 bits per heavy atom. The van der Waals surface area contributed by atoms with Crippen LogP contribution in [0.4, 0.5) is 23.1 Å². The number of carbonyl (C=O) groups is 1. The van der Waals surface area contributed by atoms with Gasteiger partial charge in [0.05, 0.1) is 16.2 Å². The number of ketones is 1. The SMILES string of the molecule is CC(=O)c1cccc(Nc2cnnc(Nc3ccc(Cl)c(Cl)c3)n2)c1. The van der Waals surface area contributed by atoms with Gasteiger partial charge in [-0.2, -0.15) is 10.1 Å². The van der Waals surface area contributed by atoms with Gasteiger partial charge in [-0.3, -0.25) is 4.79 Å². The van der Waals surface area contributed by atoms with E-state index in [0.29, 0.717) is 33.1 Å². The molecule has 0 aliphatic heterocycles. The maximum Gasteiger partial charge on any atom is 0.249 e. The number of hydrogen-bond acceptors (Lipinski definition) is 6. The maximum atomic E-state index is 11.5. The molecule has 0 fully saturated rings. The van der Waals surface area contributed by atoms with Crippen LogP contribution in [0.3, 0.4) is 0 Å². The van der Waals surface area contributed by atoms with Crippen molar-refractivity contribution >= 4 is 52.1 Å². The van der Waals surface area contributed by atoms with E-state index in [4.69, 9.17) is 23.2 Å². The number of anilines is 4. The molecule has 0 bridgehead atoms. The minimum atomic E-state index is -0.00793. The highest BCUT2D eigenvalue weighted by Crippen LogP contribution is 2.26. The van der Waals surface area contributed by atoms with Crippen LogP contribution in [0.15, 0.2) is 48.7 Å². The Morgan fingerprint density at radius 2 is 1.80 bits per heavy atom. The molecule has 25 heavy (non-hydrogen) atoms. The van der Waals surface area contributed by atoms with E-state index in [9.17, 15) is 4.79 Å². The Balaban J connectivity index is 1.78. The number of hydrogen-bond donors (Lipinski definition) is 2. The van der Waals surface area contributed by atoms with Gasteiger partial charge in [0.1, 0.15) is 0 Å². The number of rotatable bonds is 5. The van der Waals surface area contributed by atoms with E-state index >= 15 is 0 Å². The topological polar surface area (TPSA) is 79.8 Å². The molecule has 2 N–H and O–H groups in total. The normalized spacial score (nSPS) is 10.4. The maximum absolute atomic E-state index is 11.5. The number of carbonyl (C=O) groups excluding carboxylic acids is 1. The number of aromatic nitrogens is 3. The van der Waals surface area contributed by atoms with Crippen LogP contribution in [0.2, 0.25) is 10.0 Å². The molecule has 0 spiro atoms. The van der Waals surface area contributed by atoms with Gasteiger partial charge in [0.25, 0.3) is 0 Å². The first-order valence-electron chi connectivity index (χ1n) is 7.31. The van der Waals surface area contributed by atoms with Crippen molar-refractivity contribution in [1.29, 1.82) is 0 Å². The molecule has 126 valence electrons. The highest BCUT2D eigenvalue weighted by molar-refractivity contribution is 6.42. The van der Waals surface area contributed by atoms with E-state index in [1.807, 2.05) is 6.07 Å². The quantitative estimate of drug-likeness (QED) is 0.621. The summed E-state index contributed by atoms with van der Waals surface area (Å²) in [7, 11) is 0. The van der Waals surface area contributed by atoms with Crippen LogP contribution in [0.1, 0.15) is 17.3 Å². The van der Waals surface area contributed by atoms with Crippen molar-refractivity contribution in [2.24, 2.45) is 0 Å². The van der Waals surface area contributed by atoms with Crippen molar-refractivity contribution in [3.05, 3.63) is 64.3 Å². The second kappa shape index (κ2) is 7.46. The van der Waals surface area contributed by atoms with Crippen LogP contribution in [0.5, 0.6) is 0 Å². The summed E-state index contributed by atoms with van der Waals surface area (Å²) >= 11 is 11.9. The lowest BCUT2D eigenvalue weighted by atomic mass is 10.1. The van der Waals surface area contributed by atoms with Gasteiger partial charge in [0, 0.05) is 16.9 Å². The predicted molar refractivity (Wildman–Crippen MR) is 99.3 cm³/mol. The molecular weight excluding hydrogens is 361 g/mol. The summed E-state index contributed by atoms with van der Waals surface area (Å²) in [5, 5.41) is 14.8. The van der Waals surface area contributed by atoms with Crippen LogP contribution in [-0.2, 0) is 0 Å². The molecule has 0 atom stereocenters. The Bertz CT molecular complexity index is 932. The second-order valence-electron chi connectivity index (χ2n) is 5.18. The fraction of sp³-hybridized carbons (Fsp3) is 0.0588. The van der Waals surface area contributed by atoms with Crippen LogP contribution in [0.25, 0.3) is 0 Å². The number of nitrogens with zero attached hydrogens (tertiary/aromatic N) is 3. The molecule has 0 radical (unpaired) electrons. The predicted octanol–water partition coefficient (Wildman–Crippen LogP) is 4.87. The first-order valence-corrected chi connectivity index (χ1v) is 8.07. The van der Waals surface area contributed by atoms with Crippen molar-refractivity contribution in [2.75, 3.05) is 10.6 Å². The molecule has 6 nitrogen and oxygen atoms in total. The Morgan fingerprint density at radius 3 is 2.56 bits per heavy atom. The van der Waals surface area contributed by atoms with E-state index in [2.05, 4.69) is 25.8 Å². The van der Waals surface area contributed by atoms with Gasteiger partial charge in [0.15, 0.2) is 11.6 Å². The van der Waals surface area contributed by atoms with Crippen LogP contribution in [0, 0.1) is 0 Å². The highest BCUT2D eigenvalue weighted by atomic mass is 35.5. The molecule has 3 aromatic rings. The van der Waals surface area contributed by atoms with Crippen molar-refractivity contribution in [1.82, 2.24) is 15.2 Å². The lowest BCUT2D eigenvalue weighted by Crippen LogP contribution is -2.03. The first kappa shape index (κ1) is 17.1. The van der Waals surface area contributed by atoms with Gasteiger partial charge >= 0.3 is 0 Å². The van der Waals surface area contributed by atoms with Crippen LogP contribution >= 0.6 is 23.2 Å². The summed E-state index contributed by atoms with van der Waals surface area (Å²) in [4.78, 5) is 15.8. The van der Waals surface area contributed by atoms with E-state index in [-0.39, 0.29) is 5.78 Å². The van der Waals surface area contributed by atoms with Crippen molar-refractivity contribution in [3.8, 4) is 0 Å². The van der Waals surface area contributed by atoms with E-state index in [0.717, 1.165) is 5.69 Å². The van der Waals surface area contributed by atoms with Gasteiger partial charge in [-0.1, -0.05) is 35.3 Å². The summed E-state index contributed by atoms with van der Waals surface area (Å²) < 4.78 is 0. The first-order chi connectivity index (χ1) is 12.0. The molecule has 0 amide bonds. The zero-order valence-electron chi connectivity index (χ0n) is 13.1. The van der Waals surface area contributed by atoms with Gasteiger partial charge in [-0.15, -0.1) is 5.10 Å². The third kappa shape index (κ3) is 4.43. The number of benzene rings is 2. The fourth-order valence-electron chi connectivity index (χ4n) is 2.08. The monoisotopic (exact) mass is 373 g/mol. The lowest BCUT2D eigenvalue weighted by molar-refractivity contribution is 0.101. The molecule has 0 saturated heterocycles. The zero-order valence-corrected chi connectivity index (χ0v) is 14.6. The summed E-state index contributed by atoms with van der Waals surface area (Å²) in [5.74, 6) is 0.774. The van der Waals surface area contributed by atoms with Crippen molar-refractivity contribution in [2.45, 2.75) is 6.92 Å². The van der Waals surface area contributed by atoms with Crippen LogP contribution in [-0.4, -0.2) is 21.0 Å². The highest BCUT2D eigenvalue weighted by Gasteiger charge is 2.05. The lowest BCUT2D eigenvalue weighted by Gasteiger charge is -2.09. The molecule has 3 rings (SSSR count). The Labute approximate surface area is 154 Å². The van der Waals surface area contributed by atoms with E-state index in [1.165, 1.54) is 13.1 Å². The van der Waals surface area contributed by atoms with E-state index in [1.54, 1.807) is 36.4 Å². The molecule has 0 aliphatic carbocycles. The molecule has 8 heteroatoms. The minimum absolute atomic E-state index is 0.00793. The van der Waals surface area contributed by atoms with Crippen LogP contribution < -0.4 is 10.6 Å². The van der Waals surface area contributed by atoms with E-state index < -0.39 is 0 Å². The average molecular weight is 374 g/mol. The van der Waals surface area contributed by atoms with Crippen molar-refractivity contribution in [3.63, 3.8) is 0 Å². The summed E-state index contributed by atoms with van der Waals surface area (Å²) in [5.41, 5.74) is 2.03. The smallest absolute Gasteiger partial charge is 0.249 e. The minimum Gasteiger partial charge on any atom is -0.339 e. The van der Waals surface area contributed by atoms with Gasteiger partial charge in [0.2, 0.25) is 5.95 Å². The molecule has 0 unspecified atom stereocenters. The second-order valence-corrected chi connectivity index (χ2v) is 6.00. The molecule has 1 heterocycles. The number of halogens is 2. The standard InChI is InChI=1S/C17H13Cl2N5O/c1-10(25)11-3-2-4-12(7-11)21-16-9-20-24-17(23-16)22-13-5-6-14(18)15(19)8-13/h2-9H,1H3,(H2,21,22,23,24). The summed E-state index contributed by atoms with van der Waals surface area (Å²) in [6, 6.07) is 12.2. The van der Waals surface area contributed by atoms with Gasteiger partial charge < -0.3 is 10.6 Å². The zero-order chi connectivity index (χ0) is 17.8. The molecule has 1 aromatic heterocycles. The largest absolute Gasteiger partial charge is 0.339 e. The third-order valence-corrected chi connectivity index (χ3v) is 4.02. The average Bonchev–Trinajstić information content (AvgIpc) is 2.59. The van der Waals surface area contributed by atoms with Crippen molar-refractivity contribution < 1.29 is 4.79 Å². The third-order valence-electron chi connectivity index (χ3n) is 3.28. The molecule has 2 aromatic carbocycles.